The van der Waals surface area contributed by atoms with Crippen LogP contribution in [0.4, 0.5) is 5.69 Å². The number of amides is 2. The second-order valence-corrected chi connectivity index (χ2v) is 6.82. The molecule has 0 saturated carbocycles. The van der Waals surface area contributed by atoms with Crippen LogP contribution in [0.5, 0.6) is 5.75 Å². The third-order valence-corrected chi connectivity index (χ3v) is 4.91. The number of carbonyl (C=O) groups is 2. The molecule has 0 fully saturated rings. The first-order valence-corrected chi connectivity index (χ1v) is 8.88. The van der Waals surface area contributed by atoms with Gasteiger partial charge in [0.15, 0.2) is 6.61 Å². The molecule has 1 heterocycles. The molecule has 2 aromatic rings. The molecule has 0 bridgehead atoms. The van der Waals surface area contributed by atoms with Gasteiger partial charge >= 0.3 is 0 Å². The normalized spacial score (nSPS) is 14.2. The van der Waals surface area contributed by atoms with Gasteiger partial charge in [0, 0.05) is 24.2 Å². The van der Waals surface area contributed by atoms with Crippen LogP contribution in [0.25, 0.3) is 0 Å². The molecule has 5 nitrogen and oxygen atoms in total. The number of likely N-dealkylation sites (N-methyl/N-ethyl adjacent to an activating group) is 1. The molecule has 1 unspecified atom stereocenters. The molecule has 1 aliphatic heterocycles. The zero-order valence-electron chi connectivity index (χ0n) is 14.8. The minimum Gasteiger partial charge on any atom is -0.484 e. The highest BCUT2D eigenvalue weighted by atomic mass is 35.5. The smallest absolute Gasteiger partial charge is 0.260 e. The van der Waals surface area contributed by atoms with E-state index in [0.717, 1.165) is 16.8 Å². The van der Waals surface area contributed by atoms with Gasteiger partial charge in [0.05, 0.1) is 6.04 Å². The molecule has 136 valence electrons. The predicted octanol–water partition coefficient (Wildman–Crippen LogP) is 3.82. The summed E-state index contributed by atoms with van der Waals surface area (Å²) in [5, 5.41) is 3.50. The molecule has 0 spiro atoms. The molecular weight excluding hydrogens is 352 g/mol. The molecule has 0 saturated heterocycles. The Bertz CT molecular complexity index is 820. The van der Waals surface area contributed by atoms with Crippen LogP contribution < -0.4 is 10.1 Å². The molecular formula is C20H21ClN2O3. The Kier molecular flexibility index (Phi) is 5.47. The summed E-state index contributed by atoms with van der Waals surface area (Å²) in [7, 11) is 1.76. The Hall–Kier alpha value is -2.53. The van der Waals surface area contributed by atoms with Crippen LogP contribution in [0.3, 0.4) is 0 Å². The first-order chi connectivity index (χ1) is 12.4. The van der Waals surface area contributed by atoms with E-state index in [0.29, 0.717) is 23.6 Å². The SMILES string of the molecule is CC(c1ccc(Cl)cc1)N(C)C(=O)COc1ccc2c(c1)CCC(=O)N2. The summed E-state index contributed by atoms with van der Waals surface area (Å²) in [5.41, 5.74) is 2.85. The van der Waals surface area contributed by atoms with Crippen LogP contribution in [-0.4, -0.2) is 30.4 Å². The Morgan fingerprint density at radius 3 is 2.69 bits per heavy atom. The molecule has 6 heteroatoms. The van der Waals surface area contributed by atoms with Gasteiger partial charge in [0.2, 0.25) is 5.91 Å². The van der Waals surface area contributed by atoms with Crippen LogP contribution in [-0.2, 0) is 16.0 Å². The number of rotatable bonds is 5. The second kappa shape index (κ2) is 7.79. The van der Waals surface area contributed by atoms with Crippen molar-refractivity contribution >= 4 is 29.1 Å². The van der Waals surface area contributed by atoms with E-state index in [2.05, 4.69) is 5.32 Å². The van der Waals surface area contributed by atoms with Crippen molar-refractivity contribution in [2.24, 2.45) is 0 Å². The van der Waals surface area contributed by atoms with Crippen molar-refractivity contribution in [1.82, 2.24) is 4.90 Å². The summed E-state index contributed by atoms with van der Waals surface area (Å²) >= 11 is 5.91. The van der Waals surface area contributed by atoms with Crippen molar-refractivity contribution in [3.63, 3.8) is 0 Å². The quantitative estimate of drug-likeness (QED) is 0.867. The van der Waals surface area contributed by atoms with Gasteiger partial charge in [-0.05, 0) is 54.8 Å². The zero-order valence-corrected chi connectivity index (χ0v) is 15.5. The van der Waals surface area contributed by atoms with Gasteiger partial charge in [0.25, 0.3) is 5.91 Å². The lowest BCUT2D eigenvalue weighted by Gasteiger charge is -2.25. The largest absolute Gasteiger partial charge is 0.484 e. The van der Waals surface area contributed by atoms with E-state index in [-0.39, 0.29) is 24.5 Å². The van der Waals surface area contributed by atoms with Crippen LogP contribution in [0, 0.1) is 0 Å². The van der Waals surface area contributed by atoms with Gasteiger partial charge < -0.3 is 15.0 Å². The number of hydrogen-bond acceptors (Lipinski definition) is 3. The van der Waals surface area contributed by atoms with E-state index in [9.17, 15) is 9.59 Å². The summed E-state index contributed by atoms with van der Waals surface area (Å²) in [4.78, 5) is 25.5. The number of carbonyl (C=O) groups excluding carboxylic acids is 2. The predicted molar refractivity (Wildman–Crippen MR) is 102 cm³/mol. The van der Waals surface area contributed by atoms with E-state index >= 15 is 0 Å². The third kappa shape index (κ3) is 4.17. The molecule has 1 N–H and O–H groups in total. The van der Waals surface area contributed by atoms with Crippen LogP contribution in [0.15, 0.2) is 42.5 Å². The Labute approximate surface area is 157 Å². The maximum atomic E-state index is 12.4. The number of anilines is 1. The highest BCUT2D eigenvalue weighted by Crippen LogP contribution is 2.27. The lowest BCUT2D eigenvalue weighted by atomic mass is 10.0. The highest BCUT2D eigenvalue weighted by Gasteiger charge is 2.19. The summed E-state index contributed by atoms with van der Waals surface area (Å²) < 4.78 is 5.66. The fraction of sp³-hybridized carbons (Fsp3) is 0.300. The topological polar surface area (TPSA) is 58.6 Å². The number of halogens is 1. The van der Waals surface area contributed by atoms with Crippen LogP contribution in [0.2, 0.25) is 5.02 Å². The lowest BCUT2D eigenvalue weighted by molar-refractivity contribution is -0.134. The molecule has 0 aliphatic carbocycles. The standard InChI is InChI=1S/C20H21ClN2O3/c1-13(14-3-6-16(21)7-4-14)23(2)20(25)12-26-17-8-9-18-15(11-17)5-10-19(24)22-18/h3-4,6-9,11,13H,5,10,12H2,1-2H3,(H,22,24). The third-order valence-electron chi connectivity index (χ3n) is 4.66. The molecule has 26 heavy (non-hydrogen) atoms. The fourth-order valence-electron chi connectivity index (χ4n) is 2.88. The molecule has 1 aliphatic rings. The monoisotopic (exact) mass is 372 g/mol. The summed E-state index contributed by atoms with van der Waals surface area (Å²) in [5.74, 6) is 0.540. The summed E-state index contributed by atoms with van der Waals surface area (Å²) in [6.45, 7) is 1.92. The van der Waals surface area contributed by atoms with Gasteiger partial charge in [0.1, 0.15) is 5.75 Å². The number of nitrogens with zero attached hydrogens (tertiary/aromatic N) is 1. The minimum atomic E-state index is -0.113. The van der Waals surface area contributed by atoms with Gasteiger partial charge in [-0.3, -0.25) is 9.59 Å². The molecule has 3 rings (SSSR count). The summed E-state index contributed by atoms with van der Waals surface area (Å²) in [6, 6.07) is 12.8. The van der Waals surface area contributed by atoms with Crippen LogP contribution >= 0.6 is 11.6 Å². The van der Waals surface area contributed by atoms with Gasteiger partial charge in [-0.25, -0.2) is 0 Å². The van der Waals surface area contributed by atoms with E-state index in [1.807, 2.05) is 43.3 Å². The van der Waals surface area contributed by atoms with Gasteiger partial charge in [-0.2, -0.15) is 0 Å². The number of benzene rings is 2. The fourth-order valence-corrected chi connectivity index (χ4v) is 3.00. The van der Waals surface area contributed by atoms with E-state index < -0.39 is 0 Å². The molecule has 1 atom stereocenters. The van der Waals surface area contributed by atoms with Crippen molar-refractivity contribution < 1.29 is 14.3 Å². The van der Waals surface area contributed by atoms with Crippen LogP contribution in [0.1, 0.15) is 30.5 Å². The first-order valence-electron chi connectivity index (χ1n) is 8.51. The molecule has 0 aromatic heterocycles. The van der Waals surface area contributed by atoms with E-state index in [4.69, 9.17) is 16.3 Å². The maximum Gasteiger partial charge on any atom is 0.260 e. The molecule has 2 amide bonds. The minimum absolute atomic E-state index is 0.0270. The highest BCUT2D eigenvalue weighted by molar-refractivity contribution is 6.30. The van der Waals surface area contributed by atoms with Crippen molar-refractivity contribution in [1.29, 1.82) is 0 Å². The van der Waals surface area contributed by atoms with Crippen molar-refractivity contribution in [2.45, 2.75) is 25.8 Å². The zero-order chi connectivity index (χ0) is 18.7. The van der Waals surface area contributed by atoms with Crippen molar-refractivity contribution in [2.75, 3.05) is 19.0 Å². The number of ether oxygens (including phenoxy) is 1. The van der Waals surface area contributed by atoms with Crippen molar-refractivity contribution in [3.05, 3.63) is 58.6 Å². The van der Waals surface area contributed by atoms with E-state index in [1.54, 1.807) is 18.0 Å². The average molecular weight is 373 g/mol. The Morgan fingerprint density at radius 2 is 1.96 bits per heavy atom. The molecule has 2 aromatic carbocycles. The number of nitrogens with one attached hydrogen (secondary N) is 1. The van der Waals surface area contributed by atoms with E-state index in [1.165, 1.54) is 0 Å². The summed E-state index contributed by atoms with van der Waals surface area (Å²) in [6.07, 6.45) is 1.15. The second-order valence-electron chi connectivity index (χ2n) is 6.39. The Balaban J connectivity index is 1.59. The first kappa shape index (κ1) is 18.3. The lowest BCUT2D eigenvalue weighted by Crippen LogP contribution is -2.33. The number of hydrogen-bond donors (Lipinski definition) is 1. The number of fused-ring (bicyclic) bond motifs is 1. The number of aryl methyl sites for hydroxylation is 1. The molecule has 0 radical (unpaired) electrons. The van der Waals surface area contributed by atoms with Crippen molar-refractivity contribution in [3.8, 4) is 5.75 Å². The maximum absolute atomic E-state index is 12.4. The van der Waals surface area contributed by atoms with Gasteiger partial charge in [-0.15, -0.1) is 0 Å². The Morgan fingerprint density at radius 1 is 1.23 bits per heavy atom. The van der Waals surface area contributed by atoms with Gasteiger partial charge in [-0.1, -0.05) is 23.7 Å². The average Bonchev–Trinajstić information content (AvgIpc) is 2.65.